The van der Waals surface area contributed by atoms with E-state index in [2.05, 4.69) is 5.32 Å². The number of sulfonamides is 1. The zero-order valence-electron chi connectivity index (χ0n) is 18.3. The summed E-state index contributed by atoms with van der Waals surface area (Å²) in [7, 11) is -3.79. The minimum atomic E-state index is -3.79. The molecule has 0 saturated carbocycles. The first-order valence-electron chi connectivity index (χ1n) is 10.6. The smallest absolute Gasteiger partial charge is 0.338 e. The number of benzene rings is 3. The predicted molar refractivity (Wildman–Crippen MR) is 127 cm³/mol. The summed E-state index contributed by atoms with van der Waals surface area (Å²) >= 11 is 0. The van der Waals surface area contributed by atoms with E-state index in [0.29, 0.717) is 18.7 Å². The summed E-state index contributed by atoms with van der Waals surface area (Å²) in [5, 5.41) is 2.70. The molecule has 0 aliphatic carbocycles. The van der Waals surface area contributed by atoms with Gasteiger partial charge in [-0.2, -0.15) is 0 Å². The molecule has 0 heterocycles. The van der Waals surface area contributed by atoms with Crippen molar-refractivity contribution < 1.29 is 22.7 Å². The van der Waals surface area contributed by atoms with Crippen LogP contribution in [-0.4, -0.2) is 40.0 Å². The molecule has 1 amide bonds. The lowest BCUT2D eigenvalue weighted by molar-refractivity contribution is -0.124. The third-order valence-electron chi connectivity index (χ3n) is 4.92. The van der Waals surface area contributed by atoms with Crippen molar-refractivity contribution in [2.75, 3.05) is 24.0 Å². The first kappa shape index (κ1) is 24.0. The van der Waals surface area contributed by atoms with Gasteiger partial charge >= 0.3 is 5.97 Å². The van der Waals surface area contributed by atoms with E-state index >= 15 is 0 Å². The predicted octanol–water partition coefficient (Wildman–Crippen LogP) is 3.42. The Hall–Kier alpha value is -3.65. The van der Waals surface area contributed by atoms with Crippen LogP contribution < -0.4 is 9.62 Å². The molecule has 0 radical (unpaired) electrons. The van der Waals surface area contributed by atoms with E-state index < -0.39 is 28.5 Å². The van der Waals surface area contributed by atoms with E-state index in [1.54, 1.807) is 31.2 Å². The quantitative estimate of drug-likeness (QED) is 0.462. The largest absolute Gasteiger partial charge is 0.452 e. The lowest BCUT2D eigenvalue weighted by Crippen LogP contribution is -2.31. The van der Waals surface area contributed by atoms with Crippen LogP contribution in [0.15, 0.2) is 89.8 Å². The minimum absolute atomic E-state index is 0.0587. The molecule has 3 rings (SSSR count). The van der Waals surface area contributed by atoms with Crippen molar-refractivity contribution in [3.8, 4) is 0 Å². The first-order valence-corrected chi connectivity index (χ1v) is 12.0. The van der Waals surface area contributed by atoms with Crippen LogP contribution in [0.3, 0.4) is 0 Å². The topological polar surface area (TPSA) is 92.8 Å². The average Bonchev–Trinajstić information content (AvgIpc) is 2.84. The van der Waals surface area contributed by atoms with Crippen molar-refractivity contribution in [2.45, 2.75) is 18.2 Å². The van der Waals surface area contributed by atoms with Gasteiger partial charge in [-0.3, -0.25) is 9.10 Å². The van der Waals surface area contributed by atoms with Gasteiger partial charge in [0, 0.05) is 13.1 Å². The molecule has 1 N–H and O–H groups in total. The van der Waals surface area contributed by atoms with E-state index in [4.69, 9.17) is 4.74 Å². The number of rotatable bonds is 10. The Balaban J connectivity index is 1.54. The van der Waals surface area contributed by atoms with Gasteiger partial charge in [0.15, 0.2) is 6.61 Å². The second-order valence-electron chi connectivity index (χ2n) is 7.19. The molecule has 0 aliphatic rings. The number of nitrogens with one attached hydrogen (secondary N) is 1. The summed E-state index contributed by atoms with van der Waals surface area (Å²) in [6.45, 7) is 2.03. The fraction of sp³-hybridized carbons (Fsp3) is 0.200. The average molecular weight is 467 g/mol. The molecule has 7 nitrogen and oxygen atoms in total. The Morgan fingerprint density at radius 1 is 0.879 bits per heavy atom. The molecule has 0 saturated heterocycles. The highest BCUT2D eigenvalue weighted by Crippen LogP contribution is 2.23. The third-order valence-corrected chi connectivity index (χ3v) is 6.84. The molecule has 0 spiro atoms. The maximum absolute atomic E-state index is 13.0. The second kappa shape index (κ2) is 11.3. The Kier molecular flexibility index (Phi) is 8.21. The van der Waals surface area contributed by atoms with Gasteiger partial charge in [0.1, 0.15) is 0 Å². The van der Waals surface area contributed by atoms with Crippen molar-refractivity contribution in [2.24, 2.45) is 0 Å². The molecular formula is C25H26N2O5S. The first-order chi connectivity index (χ1) is 15.9. The van der Waals surface area contributed by atoms with Crippen molar-refractivity contribution in [1.29, 1.82) is 0 Å². The zero-order valence-corrected chi connectivity index (χ0v) is 19.1. The molecule has 0 aliphatic heterocycles. The monoisotopic (exact) mass is 466 g/mol. The zero-order chi connectivity index (χ0) is 23.7. The standard InChI is InChI=1S/C25H26N2O5S/c1-2-27(22-11-7-4-8-12-22)33(30,31)23-15-13-21(14-16-23)25(29)32-19-24(28)26-18-17-20-9-5-3-6-10-20/h3-16H,2,17-19H2,1H3,(H,26,28). The van der Waals surface area contributed by atoms with E-state index in [-0.39, 0.29) is 17.0 Å². The van der Waals surface area contributed by atoms with Crippen LogP contribution in [-0.2, 0) is 26.0 Å². The maximum atomic E-state index is 13.0. The van der Waals surface area contributed by atoms with Crippen LogP contribution in [0.25, 0.3) is 0 Å². The number of ether oxygens (including phenoxy) is 1. The molecule has 0 unspecified atom stereocenters. The number of amides is 1. The summed E-state index contributed by atoms with van der Waals surface area (Å²) < 4.78 is 32.4. The van der Waals surface area contributed by atoms with E-state index in [1.807, 2.05) is 36.4 Å². The Bertz CT molecular complexity index is 1160. The lowest BCUT2D eigenvalue weighted by atomic mass is 10.1. The third kappa shape index (κ3) is 6.43. The van der Waals surface area contributed by atoms with E-state index in [1.165, 1.54) is 28.6 Å². The van der Waals surface area contributed by atoms with Crippen LogP contribution in [0.1, 0.15) is 22.8 Å². The van der Waals surface area contributed by atoms with E-state index in [0.717, 1.165) is 5.56 Å². The van der Waals surface area contributed by atoms with Gasteiger partial charge in [-0.1, -0.05) is 48.5 Å². The molecule has 33 heavy (non-hydrogen) atoms. The van der Waals surface area contributed by atoms with Crippen LogP contribution in [0.2, 0.25) is 0 Å². The molecule has 0 fully saturated rings. The number of carbonyl (C=O) groups excluding carboxylic acids is 2. The van der Waals surface area contributed by atoms with Crippen LogP contribution in [0.5, 0.6) is 0 Å². The van der Waals surface area contributed by atoms with Gasteiger partial charge in [-0.25, -0.2) is 13.2 Å². The normalized spacial score (nSPS) is 10.9. The number of anilines is 1. The molecule has 3 aromatic rings. The van der Waals surface area contributed by atoms with Crippen LogP contribution in [0, 0.1) is 0 Å². The highest BCUT2D eigenvalue weighted by molar-refractivity contribution is 7.92. The van der Waals surface area contributed by atoms with Gasteiger partial charge in [-0.15, -0.1) is 0 Å². The Morgan fingerprint density at radius 3 is 2.09 bits per heavy atom. The number of hydrogen-bond acceptors (Lipinski definition) is 5. The van der Waals surface area contributed by atoms with Crippen LogP contribution >= 0.6 is 0 Å². The van der Waals surface area contributed by atoms with E-state index in [9.17, 15) is 18.0 Å². The molecule has 3 aromatic carbocycles. The summed E-state index contributed by atoms with van der Waals surface area (Å²) in [5.74, 6) is -1.10. The number of nitrogens with zero attached hydrogens (tertiary/aromatic N) is 1. The van der Waals surface area contributed by atoms with Crippen LogP contribution in [0.4, 0.5) is 5.69 Å². The van der Waals surface area contributed by atoms with Gasteiger partial charge in [0.2, 0.25) is 0 Å². The summed E-state index contributed by atoms with van der Waals surface area (Å²) in [5.41, 5.74) is 1.81. The molecule has 8 heteroatoms. The summed E-state index contributed by atoms with van der Waals surface area (Å²) in [6.07, 6.45) is 0.675. The van der Waals surface area contributed by atoms with Gasteiger partial charge in [0.25, 0.3) is 15.9 Å². The fourth-order valence-corrected chi connectivity index (χ4v) is 4.71. The summed E-state index contributed by atoms with van der Waals surface area (Å²) in [6, 6.07) is 24.0. The molecule has 0 atom stereocenters. The minimum Gasteiger partial charge on any atom is -0.452 e. The molecule has 0 bridgehead atoms. The van der Waals surface area contributed by atoms with Gasteiger partial charge < -0.3 is 10.1 Å². The number of para-hydroxylation sites is 1. The van der Waals surface area contributed by atoms with Gasteiger partial charge in [-0.05, 0) is 55.3 Å². The number of hydrogen-bond donors (Lipinski definition) is 1. The van der Waals surface area contributed by atoms with Crippen molar-refractivity contribution in [3.05, 3.63) is 96.1 Å². The van der Waals surface area contributed by atoms with Crippen molar-refractivity contribution >= 4 is 27.6 Å². The second-order valence-corrected chi connectivity index (χ2v) is 9.05. The molecular weight excluding hydrogens is 440 g/mol. The van der Waals surface area contributed by atoms with Crippen molar-refractivity contribution in [3.63, 3.8) is 0 Å². The Morgan fingerprint density at radius 2 is 1.48 bits per heavy atom. The SMILES string of the molecule is CCN(c1ccccc1)S(=O)(=O)c1ccc(C(=O)OCC(=O)NCCc2ccccc2)cc1. The Labute approximate surface area is 194 Å². The highest BCUT2D eigenvalue weighted by atomic mass is 32.2. The number of esters is 1. The number of carbonyl (C=O) groups is 2. The molecule has 0 aromatic heterocycles. The fourth-order valence-electron chi connectivity index (χ4n) is 3.23. The highest BCUT2D eigenvalue weighted by Gasteiger charge is 2.24. The van der Waals surface area contributed by atoms with Crippen molar-refractivity contribution in [1.82, 2.24) is 5.32 Å². The maximum Gasteiger partial charge on any atom is 0.338 e. The van der Waals surface area contributed by atoms with Gasteiger partial charge in [0.05, 0.1) is 16.1 Å². The lowest BCUT2D eigenvalue weighted by Gasteiger charge is -2.22. The molecule has 172 valence electrons. The summed E-state index contributed by atoms with van der Waals surface area (Å²) in [4.78, 5) is 24.2.